The summed E-state index contributed by atoms with van der Waals surface area (Å²) in [6, 6.07) is 8.11. The van der Waals surface area contributed by atoms with Crippen molar-refractivity contribution in [3.8, 4) is 5.75 Å². The second-order valence-corrected chi connectivity index (χ2v) is 4.14. The molecule has 94 valence electrons. The van der Waals surface area contributed by atoms with Gasteiger partial charge in [-0.3, -0.25) is 4.79 Å². The van der Waals surface area contributed by atoms with Crippen molar-refractivity contribution in [2.24, 2.45) is 5.92 Å². The first kappa shape index (κ1) is 11.5. The van der Waals surface area contributed by atoms with E-state index in [0.717, 1.165) is 0 Å². The fraction of sp³-hybridized carbons (Fsp3) is 0.0667. The third-order valence-electron chi connectivity index (χ3n) is 2.84. The van der Waals surface area contributed by atoms with E-state index in [-0.39, 0.29) is 5.75 Å². The molecule has 4 heteroatoms. The van der Waals surface area contributed by atoms with Crippen molar-refractivity contribution in [1.82, 2.24) is 0 Å². The first-order valence-corrected chi connectivity index (χ1v) is 5.83. The first-order chi connectivity index (χ1) is 9.24. The molecule has 0 N–H and O–H groups in total. The molecule has 0 saturated carbocycles. The fourth-order valence-corrected chi connectivity index (χ4v) is 1.93. The monoisotopic (exact) mass is 254 g/mol. The van der Waals surface area contributed by atoms with Gasteiger partial charge in [0.2, 0.25) is 0 Å². The standard InChI is InChI=1S/C15H10O4/c16-14-9-13(11-7-3-4-8-12(11)18-14)19-15(17)10-5-1-2-6-10/h1-10H. The van der Waals surface area contributed by atoms with Gasteiger partial charge in [0.25, 0.3) is 0 Å². The minimum Gasteiger partial charge on any atom is -0.425 e. The van der Waals surface area contributed by atoms with E-state index < -0.39 is 17.5 Å². The Morgan fingerprint density at radius 3 is 2.68 bits per heavy atom. The molecule has 1 heterocycles. The van der Waals surface area contributed by atoms with Crippen LogP contribution in [0.15, 0.2) is 63.8 Å². The molecule has 0 spiro atoms. The number of rotatable bonds is 2. The molecular formula is C15H10O4. The van der Waals surface area contributed by atoms with E-state index in [1.165, 1.54) is 6.07 Å². The van der Waals surface area contributed by atoms with Crippen LogP contribution in [-0.2, 0) is 4.79 Å². The lowest BCUT2D eigenvalue weighted by Crippen LogP contribution is -2.17. The number of hydrogen-bond donors (Lipinski definition) is 0. The normalized spacial score (nSPS) is 14.1. The number of carbonyl (C=O) groups is 1. The smallest absolute Gasteiger partial charge is 0.339 e. The number of para-hydroxylation sites is 1. The zero-order valence-electron chi connectivity index (χ0n) is 9.91. The summed E-state index contributed by atoms with van der Waals surface area (Å²) in [7, 11) is 0. The summed E-state index contributed by atoms with van der Waals surface area (Å²) in [5.41, 5.74) is -0.144. The van der Waals surface area contributed by atoms with Gasteiger partial charge in [-0.15, -0.1) is 0 Å². The van der Waals surface area contributed by atoms with Gasteiger partial charge >= 0.3 is 11.6 Å². The maximum absolute atomic E-state index is 11.9. The molecule has 0 fully saturated rings. The maximum Gasteiger partial charge on any atom is 0.339 e. The Morgan fingerprint density at radius 1 is 1.16 bits per heavy atom. The lowest BCUT2D eigenvalue weighted by molar-refractivity contribution is -0.135. The van der Waals surface area contributed by atoms with Crippen LogP contribution in [0.25, 0.3) is 11.0 Å². The highest BCUT2D eigenvalue weighted by molar-refractivity contribution is 5.87. The van der Waals surface area contributed by atoms with E-state index in [4.69, 9.17) is 9.15 Å². The number of ether oxygens (including phenoxy) is 1. The third-order valence-corrected chi connectivity index (χ3v) is 2.84. The Morgan fingerprint density at radius 2 is 1.89 bits per heavy atom. The average molecular weight is 254 g/mol. The van der Waals surface area contributed by atoms with Crippen molar-refractivity contribution in [2.75, 3.05) is 0 Å². The average Bonchev–Trinajstić information content (AvgIpc) is 2.92. The number of allylic oxidation sites excluding steroid dienone is 2. The lowest BCUT2D eigenvalue weighted by Gasteiger charge is -2.08. The molecular weight excluding hydrogens is 244 g/mol. The second-order valence-electron chi connectivity index (χ2n) is 4.14. The number of carbonyl (C=O) groups excluding carboxylic acids is 1. The van der Waals surface area contributed by atoms with Crippen LogP contribution >= 0.6 is 0 Å². The summed E-state index contributed by atoms with van der Waals surface area (Å²) in [5.74, 6) is -0.586. The van der Waals surface area contributed by atoms with Crippen molar-refractivity contribution < 1.29 is 13.9 Å². The molecule has 4 nitrogen and oxygen atoms in total. The molecule has 0 unspecified atom stereocenters. The molecule has 0 amide bonds. The van der Waals surface area contributed by atoms with Crippen LogP contribution in [0.4, 0.5) is 0 Å². The largest absolute Gasteiger partial charge is 0.425 e. The first-order valence-electron chi connectivity index (χ1n) is 5.83. The summed E-state index contributed by atoms with van der Waals surface area (Å²) >= 11 is 0. The van der Waals surface area contributed by atoms with Gasteiger partial charge in [0.15, 0.2) is 0 Å². The summed E-state index contributed by atoms with van der Waals surface area (Å²) < 4.78 is 10.3. The summed E-state index contributed by atoms with van der Waals surface area (Å²) in [6.07, 6.45) is 7.03. The van der Waals surface area contributed by atoms with Crippen molar-refractivity contribution in [3.63, 3.8) is 0 Å². The molecule has 19 heavy (non-hydrogen) atoms. The van der Waals surface area contributed by atoms with Crippen LogP contribution in [0.1, 0.15) is 0 Å². The molecule has 0 saturated heterocycles. The van der Waals surface area contributed by atoms with Crippen LogP contribution in [0.2, 0.25) is 0 Å². The predicted molar refractivity (Wildman–Crippen MR) is 69.9 cm³/mol. The molecule has 1 aliphatic rings. The molecule has 1 aromatic carbocycles. The highest BCUT2D eigenvalue weighted by Gasteiger charge is 2.18. The van der Waals surface area contributed by atoms with Gasteiger partial charge in [0.05, 0.1) is 17.4 Å². The fourth-order valence-electron chi connectivity index (χ4n) is 1.93. The molecule has 0 bridgehead atoms. The van der Waals surface area contributed by atoms with E-state index in [1.54, 1.807) is 48.6 Å². The molecule has 1 aliphatic carbocycles. The van der Waals surface area contributed by atoms with Gasteiger partial charge in [0.1, 0.15) is 11.3 Å². The highest BCUT2D eigenvalue weighted by Crippen LogP contribution is 2.24. The summed E-state index contributed by atoms with van der Waals surface area (Å²) in [6.45, 7) is 0. The van der Waals surface area contributed by atoms with Gasteiger partial charge < -0.3 is 9.15 Å². The van der Waals surface area contributed by atoms with E-state index in [1.807, 2.05) is 0 Å². The number of benzene rings is 1. The Kier molecular flexibility index (Phi) is 2.76. The number of hydrogen-bond acceptors (Lipinski definition) is 4. The maximum atomic E-state index is 11.9. The Bertz CT molecular complexity index is 740. The van der Waals surface area contributed by atoms with Crippen molar-refractivity contribution in [2.45, 2.75) is 0 Å². The van der Waals surface area contributed by atoms with E-state index in [2.05, 4.69) is 0 Å². The third kappa shape index (κ3) is 2.20. The van der Waals surface area contributed by atoms with Crippen molar-refractivity contribution >= 4 is 16.9 Å². The van der Waals surface area contributed by atoms with Gasteiger partial charge in [-0.05, 0) is 12.1 Å². The molecule has 3 rings (SSSR count). The Labute approximate surface area is 108 Å². The highest BCUT2D eigenvalue weighted by atomic mass is 16.5. The zero-order valence-corrected chi connectivity index (χ0v) is 9.91. The van der Waals surface area contributed by atoms with Gasteiger partial charge in [-0.1, -0.05) is 36.4 Å². The summed E-state index contributed by atoms with van der Waals surface area (Å²) in [5, 5.41) is 0.599. The Balaban J connectivity index is 2.00. The molecule has 0 atom stereocenters. The quantitative estimate of drug-likeness (QED) is 0.610. The summed E-state index contributed by atoms with van der Waals surface area (Å²) in [4.78, 5) is 23.3. The lowest BCUT2D eigenvalue weighted by atomic mass is 10.2. The van der Waals surface area contributed by atoms with E-state index >= 15 is 0 Å². The van der Waals surface area contributed by atoms with E-state index in [0.29, 0.717) is 11.0 Å². The predicted octanol–water partition coefficient (Wildman–Crippen LogP) is 2.44. The molecule has 0 aliphatic heterocycles. The molecule has 0 radical (unpaired) electrons. The van der Waals surface area contributed by atoms with Crippen LogP contribution in [-0.4, -0.2) is 5.97 Å². The van der Waals surface area contributed by atoms with Crippen LogP contribution < -0.4 is 10.4 Å². The molecule has 2 aromatic rings. The minimum absolute atomic E-state index is 0.227. The van der Waals surface area contributed by atoms with Gasteiger partial charge in [0, 0.05) is 0 Å². The van der Waals surface area contributed by atoms with Crippen LogP contribution in [0.5, 0.6) is 5.75 Å². The van der Waals surface area contributed by atoms with Crippen LogP contribution in [0, 0.1) is 5.92 Å². The zero-order chi connectivity index (χ0) is 13.2. The number of esters is 1. The minimum atomic E-state index is -0.543. The Hall–Kier alpha value is -2.62. The van der Waals surface area contributed by atoms with Crippen molar-refractivity contribution in [3.05, 3.63) is 65.1 Å². The van der Waals surface area contributed by atoms with E-state index in [9.17, 15) is 9.59 Å². The molecule has 1 aromatic heterocycles. The number of fused-ring (bicyclic) bond motifs is 1. The second kappa shape index (κ2) is 4.57. The van der Waals surface area contributed by atoms with Crippen molar-refractivity contribution in [1.29, 1.82) is 0 Å². The topological polar surface area (TPSA) is 56.5 Å². The van der Waals surface area contributed by atoms with Gasteiger partial charge in [-0.25, -0.2) is 4.79 Å². The SMILES string of the molecule is O=C(Oc1cc(=O)oc2ccccc12)C1C=CC=C1. The van der Waals surface area contributed by atoms with Crippen LogP contribution in [0.3, 0.4) is 0 Å². The van der Waals surface area contributed by atoms with Gasteiger partial charge in [-0.2, -0.15) is 0 Å².